The van der Waals surface area contributed by atoms with Crippen LogP contribution in [-0.2, 0) is 4.74 Å². The lowest BCUT2D eigenvalue weighted by molar-refractivity contribution is 0.0460. The van der Waals surface area contributed by atoms with E-state index in [1.54, 1.807) is 13.5 Å². The Kier molecular flexibility index (Phi) is 4.48. The molecule has 2 bridgehead atoms. The van der Waals surface area contributed by atoms with E-state index in [2.05, 4.69) is 5.32 Å². The second-order valence-corrected chi connectivity index (χ2v) is 7.32. The molecule has 0 saturated heterocycles. The van der Waals surface area contributed by atoms with Gasteiger partial charge >= 0.3 is 0 Å². The van der Waals surface area contributed by atoms with Crippen LogP contribution in [-0.4, -0.2) is 26.8 Å². The molecule has 3 saturated carbocycles. The quantitative estimate of drug-likeness (QED) is 0.741. The SMILES string of the molecule is COCCNCC1(C2CCCCC2)CC2CCC1C2. The zero-order valence-corrected chi connectivity index (χ0v) is 12.6. The summed E-state index contributed by atoms with van der Waals surface area (Å²) in [6.45, 7) is 3.15. The average Bonchev–Trinajstić information content (AvgIpc) is 3.06. The highest BCUT2D eigenvalue weighted by Crippen LogP contribution is 2.61. The lowest BCUT2D eigenvalue weighted by Crippen LogP contribution is -2.45. The van der Waals surface area contributed by atoms with Crippen LogP contribution in [0.2, 0.25) is 0 Å². The van der Waals surface area contributed by atoms with Crippen LogP contribution >= 0.6 is 0 Å². The van der Waals surface area contributed by atoms with E-state index in [9.17, 15) is 0 Å². The lowest BCUT2D eigenvalue weighted by atomic mass is 9.61. The van der Waals surface area contributed by atoms with Crippen LogP contribution in [0.3, 0.4) is 0 Å². The van der Waals surface area contributed by atoms with E-state index in [1.807, 2.05) is 0 Å². The summed E-state index contributed by atoms with van der Waals surface area (Å²) in [7, 11) is 1.80. The summed E-state index contributed by atoms with van der Waals surface area (Å²) < 4.78 is 5.18. The summed E-state index contributed by atoms with van der Waals surface area (Å²) in [4.78, 5) is 0. The van der Waals surface area contributed by atoms with Gasteiger partial charge < -0.3 is 10.1 Å². The fraction of sp³-hybridized carbons (Fsp3) is 1.00. The zero-order chi connectivity index (χ0) is 13.1. The van der Waals surface area contributed by atoms with Crippen LogP contribution in [0.4, 0.5) is 0 Å². The molecular formula is C17H31NO. The van der Waals surface area contributed by atoms with Gasteiger partial charge in [-0.1, -0.05) is 25.7 Å². The van der Waals surface area contributed by atoms with E-state index in [0.717, 1.165) is 30.9 Å². The van der Waals surface area contributed by atoms with Gasteiger partial charge in [0.1, 0.15) is 0 Å². The summed E-state index contributed by atoms with van der Waals surface area (Å²) in [5.74, 6) is 3.12. The molecule has 1 N–H and O–H groups in total. The summed E-state index contributed by atoms with van der Waals surface area (Å²) in [5.41, 5.74) is 0.664. The van der Waals surface area contributed by atoms with Gasteiger partial charge in [0, 0.05) is 20.2 Å². The molecule has 0 amide bonds. The topological polar surface area (TPSA) is 21.3 Å². The fourth-order valence-electron chi connectivity index (χ4n) is 5.52. The Morgan fingerprint density at radius 3 is 2.53 bits per heavy atom. The number of hydrogen-bond donors (Lipinski definition) is 1. The molecule has 3 atom stereocenters. The number of fused-ring (bicyclic) bond motifs is 2. The van der Waals surface area contributed by atoms with E-state index in [-0.39, 0.29) is 0 Å². The molecule has 2 heteroatoms. The highest BCUT2D eigenvalue weighted by molar-refractivity contribution is 5.04. The van der Waals surface area contributed by atoms with E-state index in [1.165, 1.54) is 57.9 Å². The highest BCUT2D eigenvalue weighted by atomic mass is 16.5. The molecule has 2 nitrogen and oxygen atoms in total. The Hall–Kier alpha value is -0.0800. The smallest absolute Gasteiger partial charge is 0.0587 e. The van der Waals surface area contributed by atoms with Crippen LogP contribution in [0.25, 0.3) is 0 Å². The summed E-state index contributed by atoms with van der Waals surface area (Å²) in [6, 6.07) is 0. The Bertz CT molecular complexity index is 287. The monoisotopic (exact) mass is 265 g/mol. The molecule has 0 aromatic carbocycles. The van der Waals surface area contributed by atoms with Gasteiger partial charge in [0.25, 0.3) is 0 Å². The first-order chi connectivity index (χ1) is 9.35. The van der Waals surface area contributed by atoms with Crippen molar-refractivity contribution in [2.75, 3.05) is 26.8 Å². The predicted molar refractivity (Wildman–Crippen MR) is 79.2 cm³/mol. The van der Waals surface area contributed by atoms with Crippen LogP contribution in [0.1, 0.15) is 57.8 Å². The normalized spacial score (nSPS) is 39.0. The molecule has 0 spiro atoms. The largest absolute Gasteiger partial charge is 0.383 e. The predicted octanol–water partition coefficient (Wildman–Crippen LogP) is 3.61. The molecule has 3 fully saturated rings. The van der Waals surface area contributed by atoms with Gasteiger partial charge in [0.15, 0.2) is 0 Å². The molecule has 3 aliphatic carbocycles. The van der Waals surface area contributed by atoms with Gasteiger partial charge in [0.05, 0.1) is 6.61 Å². The maximum Gasteiger partial charge on any atom is 0.0587 e. The third-order valence-corrected chi connectivity index (χ3v) is 6.38. The standard InChI is InChI=1S/C17H31NO/c1-19-10-9-18-13-17(15-5-3-2-4-6-15)12-14-7-8-16(17)11-14/h14-16,18H,2-13H2,1H3. The summed E-state index contributed by atoms with van der Waals surface area (Å²) in [6.07, 6.45) is 13.6. The summed E-state index contributed by atoms with van der Waals surface area (Å²) in [5, 5.41) is 3.73. The first-order valence-corrected chi connectivity index (χ1v) is 8.55. The van der Waals surface area contributed by atoms with Crippen molar-refractivity contribution in [3.05, 3.63) is 0 Å². The van der Waals surface area contributed by atoms with Crippen molar-refractivity contribution in [1.29, 1.82) is 0 Å². The zero-order valence-electron chi connectivity index (χ0n) is 12.6. The molecule has 0 aromatic heterocycles. The molecule has 3 rings (SSSR count). The third kappa shape index (κ3) is 2.71. The molecule has 0 radical (unpaired) electrons. The van der Waals surface area contributed by atoms with Gasteiger partial charge in [0.2, 0.25) is 0 Å². The maximum atomic E-state index is 5.18. The maximum absolute atomic E-state index is 5.18. The first-order valence-electron chi connectivity index (χ1n) is 8.55. The minimum Gasteiger partial charge on any atom is -0.383 e. The van der Waals surface area contributed by atoms with Gasteiger partial charge in [-0.15, -0.1) is 0 Å². The second-order valence-electron chi connectivity index (χ2n) is 7.32. The van der Waals surface area contributed by atoms with Crippen molar-refractivity contribution >= 4 is 0 Å². The Labute approximate surface area is 118 Å². The average molecular weight is 265 g/mol. The van der Waals surface area contributed by atoms with Crippen molar-refractivity contribution in [2.45, 2.75) is 57.8 Å². The molecule has 0 heterocycles. The molecule has 3 unspecified atom stereocenters. The van der Waals surface area contributed by atoms with Gasteiger partial charge in [-0.3, -0.25) is 0 Å². The fourth-order valence-corrected chi connectivity index (χ4v) is 5.52. The molecule has 110 valence electrons. The van der Waals surface area contributed by atoms with Gasteiger partial charge in [-0.2, -0.15) is 0 Å². The Morgan fingerprint density at radius 2 is 1.89 bits per heavy atom. The molecule has 19 heavy (non-hydrogen) atoms. The number of nitrogens with one attached hydrogen (secondary N) is 1. The van der Waals surface area contributed by atoms with E-state index in [0.29, 0.717) is 5.41 Å². The van der Waals surface area contributed by atoms with E-state index >= 15 is 0 Å². The van der Waals surface area contributed by atoms with E-state index in [4.69, 9.17) is 4.74 Å². The van der Waals surface area contributed by atoms with Crippen LogP contribution in [0, 0.1) is 23.2 Å². The highest BCUT2D eigenvalue weighted by Gasteiger charge is 2.54. The number of ether oxygens (including phenoxy) is 1. The van der Waals surface area contributed by atoms with Crippen LogP contribution in [0.5, 0.6) is 0 Å². The minimum absolute atomic E-state index is 0.664. The van der Waals surface area contributed by atoms with Crippen molar-refractivity contribution in [2.24, 2.45) is 23.2 Å². The molecule has 0 aliphatic heterocycles. The number of hydrogen-bond acceptors (Lipinski definition) is 2. The number of methoxy groups -OCH3 is 1. The van der Waals surface area contributed by atoms with Crippen LogP contribution < -0.4 is 5.32 Å². The minimum atomic E-state index is 0.664. The number of rotatable bonds is 6. The van der Waals surface area contributed by atoms with Crippen LogP contribution in [0.15, 0.2) is 0 Å². The van der Waals surface area contributed by atoms with Crippen molar-refractivity contribution in [1.82, 2.24) is 5.32 Å². The Morgan fingerprint density at radius 1 is 1.05 bits per heavy atom. The molecule has 3 aliphatic rings. The van der Waals surface area contributed by atoms with E-state index < -0.39 is 0 Å². The molecule has 0 aromatic rings. The van der Waals surface area contributed by atoms with Gasteiger partial charge in [-0.25, -0.2) is 0 Å². The van der Waals surface area contributed by atoms with Gasteiger partial charge in [-0.05, 0) is 55.3 Å². The first kappa shape index (κ1) is 13.9. The summed E-state index contributed by atoms with van der Waals surface area (Å²) >= 11 is 0. The van der Waals surface area contributed by atoms with Crippen molar-refractivity contribution in [3.63, 3.8) is 0 Å². The van der Waals surface area contributed by atoms with Crippen molar-refractivity contribution < 1.29 is 4.74 Å². The Balaban J connectivity index is 1.65. The second kappa shape index (κ2) is 6.13. The van der Waals surface area contributed by atoms with Crippen molar-refractivity contribution in [3.8, 4) is 0 Å². The lowest BCUT2D eigenvalue weighted by Gasteiger charge is -2.46. The molecular weight excluding hydrogens is 234 g/mol. The third-order valence-electron chi connectivity index (χ3n) is 6.38.